The summed E-state index contributed by atoms with van der Waals surface area (Å²) in [6.07, 6.45) is 1.66. The van der Waals surface area contributed by atoms with E-state index in [1.165, 1.54) is 15.3 Å². The maximum Gasteiger partial charge on any atom is 0.241 e. The smallest absolute Gasteiger partial charge is 0.241 e. The van der Waals surface area contributed by atoms with Gasteiger partial charge in [-0.3, -0.25) is 0 Å². The summed E-state index contributed by atoms with van der Waals surface area (Å²) in [4.78, 5) is 28.9. The molecule has 0 N–H and O–H groups in total. The molecule has 2 aromatic carbocycles. The van der Waals surface area contributed by atoms with Crippen LogP contribution in [-0.2, 0) is 19.4 Å². The van der Waals surface area contributed by atoms with E-state index in [0.29, 0.717) is 43.8 Å². The van der Waals surface area contributed by atoms with Gasteiger partial charge in [-0.15, -0.1) is 10.5 Å². The van der Waals surface area contributed by atoms with Gasteiger partial charge in [-0.1, -0.05) is 9.94 Å². The fraction of sp³-hybridized carbons (Fsp3) is 0.348. The van der Waals surface area contributed by atoms with Crippen molar-refractivity contribution in [3.8, 4) is 17.4 Å². The van der Waals surface area contributed by atoms with E-state index in [4.69, 9.17) is 28.9 Å². The van der Waals surface area contributed by atoms with Gasteiger partial charge in [-0.05, 0) is 76.2 Å². The molecule has 0 radical (unpaired) electrons. The van der Waals surface area contributed by atoms with Crippen LogP contribution in [0.3, 0.4) is 0 Å². The maximum atomic E-state index is 5.80. The summed E-state index contributed by atoms with van der Waals surface area (Å²) >= 11 is 0. The first-order chi connectivity index (χ1) is 16.2. The van der Waals surface area contributed by atoms with Gasteiger partial charge in [0, 0.05) is 6.07 Å². The fourth-order valence-electron chi connectivity index (χ4n) is 2.73. The number of nitrogens with zero attached hydrogens (tertiary/aromatic N) is 4. The standard InChI is InChI=1S/C23H30N4O6/c1-5-28-26(29-6-2)19-9-13-21(14-10-19)32-23-17-18-25(24-23)33-22-15-11-20(12-16-22)27(30-7-3)31-8-4/h9-18H,5-8H2,1-4H3. The Morgan fingerprint density at radius 3 is 1.55 bits per heavy atom. The summed E-state index contributed by atoms with van der Waals surface area (Å²) < 4.78 is 5.80. The number of hydrogen-bond donors (Lipinski definition) is 0. The average molecular weight is 459 g/mol. The second kappa shape index (κ2) is 12.7. The minimum absolute atomic E-state index is 0.393. The molecule has 10 heteroatoms. The number of anilines is 2. The van der Waals surface area contributed by atoms with Gasteiger partial charge in [0.25, 0.3) is 0 Å². The van der Waals surface area contributed by atoms with Crippen molar-refractivity contribution in [1.82, 2.24) is 9.94 Å². The van der Waals surface area contributed by atoms with Crippen molar-refractivity contribution in [1.29, 1.82) is 0 Å². The fourth-order valence-corrected chi connectivity index (χ4v) is 2.73. The van der Waals surface area contributed by atoms with Gasteiger partial charge in [0.05, 0.1) is 44.0 Å². The van der Waals surface area contributed by atoms with Crippen molar-refractivity contribution in [2.24, 2.45) is 0 Å². The van der Waals surface area contributed by atoms with Crippen molar-refractivity contribution in [2.75, 3.05) is 36.9 Å². The van der Waals surface area contributed by atoms with Crippen LogP contribution in [0.15, 0.2) is 60.8 Å². The molecule has 0 aliphatic carbocycles. The largest absolute Gasteiger partial charge is 0.437 e. The van der Waals surface area contributed by atoms with Crippen molar-refractivity contribution in [3.63, 3.8) is 0 Å². The Morgan fingerprint density at radius 1 is 0.636 bits per heavy atom. The lowest BCUT2D eigenvalue weighted by atomic mass is 10.3. The summed E-state index contributed by atoms with van der Waals surface area (Å²) in [5.74, 6) is 1.61. The summed E-state index contributed by atoms with van der Waals surface area (Å²) in [7, 11) is 0. The van der Waals surface area contributed by atoms with E-state index in [0.717, 1.165) is 11.4 Å². The zero-order valence-electron chi connectivity index (χ0n) is 19.3. The third kappa shape index (κ3) is 7.09. The van der Waals surface area contributed by atoms with Crippen LogP contribution in [0.4, 0.5) is 11.4 Å². The molecule has 1 aromatic heterocycles. The molecular weight excluding hydrogens is 428 g/mol. The predicted octanol–water partition coefficient (Wildman–Crippen LogP) is 4.94. The molecule has 1 heterocycles. The van der Waals surface area contributed by atoms with E-state index in [-0.39, 0.29) is 0 Å². The Morgan fingerprint density at radius 2 is 1.09 bits per heavy atom. The highest BCUT2D eigenvalue weighted by atomic mass is 17.0. The van der Waals surface area contributed by atoms with Gasteiger partial charge in [0.15, 0.2) is 5.75 Å². The average Bonchev–Trinajstić information content (AvgIpc) is 3.26. The summed E-state index contributed by atoms with van der Waals surface area (Å²) in [6, 6.07) is 16.2. The molecule has 3 aromatic rings. The van der Waals surface area contributed by atoms with Crippen LogP contribution in [0, 0.1) is 0 Å². The highest BCUT2D eigenvalue weighted by Gasteiger charge is 2.10. The minimum Gasteiger partial charge on any atom is -0.437 e. The number of benzene rings is 2. The van der Waals surface area contributed by atoms with E-state index in [1.807, 2.05) is 64.1 Å². The Labute approximate surface area is 193 Å². The van der Waals surface area contributed by atoms with Crippen molar-refractivity contribution >= 4 is 11.4 Å². The van der Waals surface area contributed by atoms with Gasteiger partial charge < -0.3 is 9.57 Å². The molecule has 0 bridgehead atoms. The Kier molecular flexibility index (Phi) is 9.33. The normalized spacial score (nSPS) is 10.8. The van der Waals surface area contributed by atoms with Gasteiger partial charge in [-0.2, -0.15) is 0 Å². The van der Waals surface area contributed by atoms with Crippen molar-refractivity contribution in [2.45, 2.75) is 27.7 Å². The van der Waals surface area contributed by atoms with Crippen LogP contribution in [0.5, 0.6) is 17.4 Å². The van der Waals surface area contributed by atoms with Crippen molar-refractivity contribution in [3.05, 3.63) is 60.8 Å². The van der Waals surface area contributed by atoms with Gasteiger partial charge in [-0.25, -0.2) is 19.4 Å². The quantitative estimate of drug-likeness (QED) is 0.312. The molecule has 33 heavy (non-hydrogen) atoms. The molecule has 0 aliphatic rings. The zero-order valence-corrected chi connectivity index (χ0v) is 19.3. The lowest BCUT2D eigenvalue weighted by Gasteiger charge is -2.21. The molecule has 10 nitrogen and oxygen atoms in total. The van der Waals surface area contributed by atoms with Crippen LogP contribution in [0.1, 0.15) is 27.7 Å². The minimum atomic E-state index is 0.393. The predicted molar refractivity (Wildman–Crippen MR) is 123 cm³/mol. The van der Waals surface area contributed by atoms with Crippen LogP contribution in [0.2, 0.25) is 0 Å². The maximum absolute atomic E-state index is 5.80. The van der Waals surface area contributed by atoms with E-state index in [9.17, 15) is 0 Å². The Bertz CT molecular complexity index is 860. The van der Waals surface area contributed by atoms with Gasteiger partial charge in [0.1, 0.15) is 5.75 Å². The highest BCUT2D eigenvalue weighted by Crippen LogP contribution is 2.25. The Balaban J connectivity index is 1.59. The van der Waals surface area contributed by atoms with Crippen LogP contribution >= 0.6 is 0 Å². The summed E-state index contributed by atoms with van der Waals surface area (Å²) in [5, 5.41) is 7.06. The molecule has 178 valence electrons. The topological polar surface area (TPSA) is 79.7 Å². The molecule has 0 saturated carbocycles. The molecule has 0 spiro atoms. The van der Waals surface area contributed by atoms with E-state index in [2.05, 4.69) is 5.10 Å². The third-order valence-electron chi connectivity index (χ3n) is 4.04. The summed E-state index contributed by atoms with van der Waals surface area (Å²) in [5.41, 5.74) is 1.52. The number of ether oxygens (including phenoxy) is 1. The van der Waals surface area contributed by atoms with Crippen molar-refractivity contribution < 1.29 is 28.9 Å². The summed E-state index contributed by atoms with van der Waals surface area (Å²) in [6.45, 7) is 9.56. The highest BCUT2D eigenvalue weighted by molar-refractivity contribution is 5.46. The zero-order chi connectivity index (χ0) is 23.5. The lowest BCUT2D eigenvalue weighted by Crippen LogP contribution is -2.23. The van der Waals surface area contributed by atoms with Crippen LogP contribution < -0.4 is 20.0 Å². The molecule has 3 rings (SSSR count). The first-order valence-corrected chi connectivity index (χ1v) is 10.9. The van der Waals surface area contributed by atoms with Gasteiger partial charge >= 0.3 is 0 Å². The van der Waals surface area contributed by atoms with Gasteiger partial charge in [0.2, 0.25) is 5.88 Å². The number of rotatable bonds is 14. The molecule has 0 fully saturated rings. The van der Waals surface area contributed by atoms with E-state index >= 15 is 0 Å². The number of aromatic nitrogens is 2. The lowest BCUT2D eigenvalue weighted by molar-refractivity contribution is -0.0819. The van der Waals surface area contributed by atoms with Crippen LogP contribution in [-0.4, -0.2) is 36.4 Å². The molecule has 0 saturated heterocycles. The Hall–Kier alpha value is -3.31. The molecule has 0 aliphatic heterocycles. The first-order valence-electron chi connectivity index (χ1n) is 10.9. The molecule has 0 atom stereocenters. The van der Waals surface area contributed by atoms with E-state index < -0.39 is 0 Å². The molecular formula is C23H30N4O6. The monoisotopic (exact) mass is 458 g/mol. The second-order valence-electron chi connectivity index (χ2n) is 6.42. The first kappa shape index (κ1) is 24.3. The SMILES string of the molecule is CCON(OCC)c1ccc(Oc2ccn(Oc3ccc(N(OCC)OCC)cc3)n2)cc1. The molecule has 0 unspecified atom stereocenters. The number of hydrogen-bond acceptors (Lipinski definition) is 9. The second-order valence-corrected chi connectivity index (χ2v) is 6.42. The van der Waals surface area contributed by atoms with E-state index in [1.54, 1.807) is 24.4 Å². The molecule has 0 amide bonds. The van der Waals surface area contributed by atoms with Crippen LogP contribution in [0.25, 0.3) is 0 Å². The third-order valence-corrected chi connectivity index (χ3v) is 4.04.